The number of carbonyl (C=O) groups excluding carboxylic acids is 1. The van der Waals surface area contributed by atoms with E-state index in [0.29, 0.717) is 33.1 Å². The highest BCUT2D eigenvalue weighted by Crippen LogP contribution is 2.32. The number of halogens is 3. The van der Waals surface area contributed by atoms with Gasteiger partial charge in [-0.25, -0.2) is 0 Å². The molecular formula is C12H15Cl3N2O. The van der Waals surface area contributed by atoms with Gasteiger partial charge in [-0.3, -0.25) is 4.79 Å². The van der Waals surface area contributed by atoms with Gasteiger partial charge in [-0.1, -0.05) is 48.7 Å². The topological polar surface area (TPSA) is 55.1 Å². The van der Waals surface area contributed by atoms with E-state index in [4.69, 9.17) is 40.5 Å². The number of anilines is 1. The van der Waals surface area contributed by atoms with Crippen LogP contribution in [0.2, 0.25) is 15.1 Å². The summed E-state index contributed by atoms with van der Waals surface area (Å²) in [5.41, 5.74) is 6.18. The summed E-state index contributed by atoms with van der Waals surface area (Å²) in [6.45, 7) is 4.00. The van der Waals surface area contributed by atoms with E-state index in [1.807, 2.05) is 13.8 Å². The van der Waals surface area contributed by atoms with Crippen molar-refractivity contribution in [2.45, 2.75) is 26.3 Å². The van der Waals surface area contributed by atoms with Crippen molar-refractivity contribution >= 4 is 46.4 Å². The third-order valence-corrected chi connectivity index (χ3v) is 3.36. The lowest BCUT2D eigenvalue weighted by atomic mass is 10.0. The summed E-state index contributed by atoms with van der Waals surface area (Å²) in [6, 6.07) is 2.41. The zero-order valence-corrected chi connectivity index (χ0v) is 12.4. The van der Waals surface area contributed by atoms with Gasteiger partial charge in [0.2, 0.25) is 5.91 Å². The fraction of sp³-hybridized carbons (Fsp3) is 0.417. The number of rotatable bonds is 4. The second-order valence-corrected chi connectivity index (χ2v) is 5.69. The van der Waals surface area contributed by atoms with Gasteiger partial charge in [-0.2, -0.15) is 0 Å². The lowest BCUT2D eigenvalue weighted by molar-refractivity contribution is -0.117. The molecule has 0 aliphatic carbocycles. The van der Waals surface area contributed by atoms with Crippen molar-refractivity contribution in [2.75, 3.05) is 5.32 Å². The molecule has 0 aliphatic rings. The third-order valence-electron chi connectivity index (χ3n) is 2.33. The fourth-order valence-corrected chi connectivity index (χ4v) is 2.05. The van der Waals surface area contributed by atoms with Crippen molar-refractivity contribution in [1.82, 2.24) is 0 Å². The number of amides is 1. The van der Waals surface area contributed by atoms with Crippen molar-refractivity contribution < 1.29 is 4.79 Å². The summed E-state index contributed by atoms with van der Waals surface area (Å²) in [4.78, 5) is 11.8. The molecule has 1 atom stereocenters. The van der Waals surface area contributed by atoms with Crippen LogP contribution in [-0.2, 0) is 4.79 Å². The molecule has 0 spiro atoms. The molecule has 1 aromatic carbocycles. The Bertz CT molecular complexity index is 449. The maximum atomic E-state index is 11.8. The quantitative estimate of drug-likeness (QED) is 0.827. The molecule has 0 heterocycles. The summed E-state index contributed by atoms with van der Waals surface area (Å²) < 4.78 is 0. The van der Waals surface area contributed by atoms with Crippen LogP contribution in [0.15, 0.2) is 12.1 Å². The van der Waals surface area contributed by atoms with Gasteiger partial charge in [0.1, 0.15) is 0 Å². The largest absolute Gasteiger partial charge is 0.323 e. The Kier molecular flexibility index (Phi) is 5.73. The highest BCUT2D eigenvalue weighted by atomic mass is 35.5. The third kappa shape index (κ3) is 4.32. The van der Waals surface area contributed by atoms with Gasteiger partial charge >= 0.3 is 0 Å². The van der Waals surface area contributed by atoms with Gasteiger partial charge in [-0.15, -0.1) is 0 Å². The maximum Gasteiger partial charge on any atom is 0.241 e. The average molecular weight is 310 g/mol. The summed E-state index contributed by atoms with van der Waals surface area (Å²) in [5, 5.41) is 3.64. The molecule has 0 aromatic heterocycles. The van der Waals surface area contributed by atoms with Crippen LogP contribution in [0.3, 0.4) is 0 Å². The molecule has 18 heavy (non-hydrogen) atoms. The van der Waals surface area contributed by atoms with E-state index in [0.717, 1.165) is 0 Å². The summed E-state index contributed by atoms with van der Waals surface area (Å²) in [6.07, 6.45) is 0.602. The molecule has 6 heteroatoms. The molecule has 1 aromatic rings. The van der Waals surface area contributed by atoms with Crippen LogP contribution >= 0.6 is 34.8 Å². The average Bonchev–Trinajstić information content (AvgIpc) is 2.24. The predicted octanol–water partition coefficient (Wildman–Crippen LogP) is 3.96. The molecule has 0 radical (unpaired) electrons. The van der Waals surface area contributed by atoms with Crippen molar-refractivity contribution in [2.24, 2.45) is 11.7 Å². The van der Waals surface area contributed by atoms with Gasteiger partial charge in [0.25, 0.3) is 0 Å². The summed E-state index contributed by atoms with van der Waals surface area (Å²) in [7, 11) is 0. The number of nitrogens with two attached hydrogens (primary N) is 1. The minimum atomic E-state index is -0.574. The van der Waals surface area contributed by atoms with Crippen molar-refractivity contribution in [3.8, 4) is 0 Å². The second-order valence-electron chi connectivity index (χ2n) is 4.47. The van der Waals surface area contributed by atoms with E-state index < -0.39 is 6.04 Å². The Hall–Kier alpha value is -0.480. The van der Waals surface area contributed by atoms with E-state index in [2.05, 4.69) is 5.32 Å². The number of hydrogen-bond donors (Lipinski definition) is 2. The summed E-state index contributed by atoms with van der Waals surface area (Å²) >= 11 is 17.6. The molecule has 0 saturated carbocycles. The standard InChI is InChI=1S/C12H15Cl3N2O/c1-6(2)3-10(16)12(18)17-11-5-8(14)7(13)4-9(11)15/h4-6,10H,3,16H2,1-2H3,(H,17,18)/t10-/m1/s1. The van der Waals surface area contributed by atoms with Gasteiger partial charge in [0.15, 0.2) is 0 Å². The van der Waals surface area contributed by atoms with E-state index in [1.54, 1.807) is 0 Å². The number of hydrogen-bond acceptors (Lipinski definition) is 2. The molecular weight excluding hydrogens is 295 g/mol. The van der Waals surface area contributed by atoms with E-state index >= 15 is 0 Å². The Morgan fingerprint density at radius 1 is 1.22 bits per heavy atom. The van der Waals surface area contributed by atoms with Crippen molar-refractivity contribution in [3.63, 3.8) is 0 Å². The first-order chi connectivity index (χ1) is 8.31. The second kappa shape index (κ2) is 6.62. The van der Waals surface area contributed by atoms with Crippen LogP contribution in [0.1, 0.15) is 20.3 Å². The Labute approximate surface area is 122 Å². The highest BCUT2D eigenvalue weighted by molar-refractivity contribution is 6.44. The van der Waals surface area contributed by atoms with Gasteiger partial charge in [0, 0.05) is 0 Å². The first kappa shape index (κ1) is 15.6. The van der Waals surface area contributed by atoms with E-state index in [9.17, 15) is 4.79 Å². The number of carbonyl (C=O) groups is 1. The SMILES string of the molecule is CC(C)C[C@@H](N)C(=O)Nc1cc(Cl)c(Cl)cc1Cl. The van der Waals surface area contributed by atoms with Crippen molar-refractivity contribution in [1.29, 1.82) is 0 Å². The van der Waals surface area contributed by atoms with Crippen LogP contribution in [0.25, 0.3) is 0 Å². The Morgan fingerprint density at radius 3 is 2.33 bits per heavy atom. The Balaban J connectivity index is 2.79. The minimum absolute atomic E-state index is 0.288. The van der Waals surface area contributed by atoms with Crippen LogP contribution in [0, 0.1) is 5.92 Å². The first-order valence-electron chi connectivity index (χ1n) is 5.52. The monoisotopic (exact) mass is 308 g/mol. The normalized spacial score (nSPS) is 12.6. The van der Waals surface area contributed by atoms with E-state index in [-0.39, 0.29) is 5.91 Å². The van der Waals surface area contributed by atoms with Crippen LogP contribution in [-0.4, -0.2) is 11.9 Å². The lowest BCUT2D eigenvalue weighted by Gasteiger charge is -2.15. The molecule has 0 aliphatic heterocycles. The van der Waals surface area contributed by atoms with Crippen molar-refractivity contribution in [3.05, 3.63) is 27.2 Å². The molecule has 0 unspecified atom stereocenters. The molecule has 100 valence electrons. The lowest BCUT2D eigenvalue weighted by Crippen LogP contribution is -2.36. The van der Waals surface area contributed by atoms with Crippen LogP contribution in [0.4, 0.5) is 5.69 Å². The number of nitrogens with one attached hydrogen (secondary N) is 1. The highest BCUT2D eigenvalue weighted by Gasteiger charge is 2.16. The zero-order valence-electron chi connectivity index (χ0n) is 10.1. The smallest absolute Gasteiger partial charge is 0.241 e. The van der Waals surface area contributed by atoms with Crippen LogP contribution < -0.4 is 11.1 Å². The summed E-state index contributed by atoms with van der Waals surface area (Å²) in [5.74, 6) is 0.0546. The molecule has 0 bridgehead atoms. The fourth-order valence-electron chi connectivity index (χ4n) is 1.46. The Morgan fingerprint density at radius 2 is 1.78 bits per heavy atom. The molecule has 1 amide bonds. The molecule has 0 fully saturated rings. The number of benzene rings is 1. The zero-order chi connectivity index (χ0) is 13.9. The predicted molar refractivity (Wildman–Crippen MR) is 77.5 cm³/mol. The minimum Gasteiger partial charge on any atom is -0.323 e. The van der Waals surface area contributed by atoms with Gasteiger partial charge in [-0.05, 0) is 24.5 Å². The molecule has 1 rings (SSSR count). The van der Waals surface area contributed by atoms with Gasteiger partial charge in [0.05, 0.1) is 26.8 Å². The molecule has 0 saturated heterocycles. The van der Waals surface area contributed by atoms with Gasteiger partial charge < -0.3 is 11.1 Å². The first-order valence-corrected chi connectivity index (χ1v) is 6.65. The van der Waals surface area contributed by atoms with E-state index in [1.165, 1.54) is 12.1 Å². The van der Waals surface area contributed by atoms with Crippen LogP contribution in [0.5, 0.6) is 0 Å². The molecule has 3 N–H and O–H groups in total. The maximum absolute atomic E-state index is 11.8. The molecule has 3 nitrogen and oxygen atoms in total.